The topological polar surface area (TPSA) is 30.5 Å². The van der Waals surface area contributed by atoms with Gasteiger partial charge in [-0.3, -0.25) is 0 Å². The van der Waals surface area contributed by atoms with Gasteiger partial charge >= 0.3 is 0 Å². The Morgan fingerprint density at radius 2 is 1.95 bits per heavy atom. The van der Waals surface area contributed by atoms with Crippen LogP contribution in [0, 0.1) is 5.92 Å². The van der Waals surface area contributed by atoms with Crippen LogP contribution in [0.5, 0.6) is 5.75 Å². The summed E-state index contributed by atoms with van der Waals surface area (Å²) in [6.07, 6.45) is 3.44. The third-order valence-electron chi connectivity index (χ3n) is 3.28. The van der Waals surface area contributed by atoms with Crippen LogP contribution in [0.1, 0.15) is 25.3 Å². The van der Waals surface area contributed by atoms with Crippen LogP contribution in [0.4, 0.5) is 0 Å². The van der Waals surface area contributed by atoms with Crippen LogP contribution in [0.2, 0.25) is 0 Å². The third kappa shape index (κ3) is 6.60. The summed E-state index contributed by atoms with van der Waals surface area (Å²) in [7, 11) is 3.72. The lowest BCUT2D eigenvalue weighted by Crippen LogP contribution is -2.21. The zero-order chi connectivity index (χ0) is 13.9. The van der Waals surface area contributed by atoms with Crippen LogP contribution in [0.3, 0.4) is 0 Å². The van der Waals surface area contributed by atoms with Gasteiger partial charge in [-0.15, -0.1) is 0 Å². The van der Waals surface area contributed by atoms with E-state index in [4.69, 9.17) is 9.47 Å². The Bertz CT molecular complexity index is 324. The molecule has 1 unspecified atom stereocenters. The van der Waals surface area contributed by atoms with Crippen molar-refractivity contribution in [3.8, 4) is 5.75 Å². The summed E-state index contributed by atoms with van der Waals surface area (Å²) < 4.78 is 10.6. The van der Waals surface area contributed by atoms with Gasteiger partial charge in [0.25, 0.3) is 0 Å². The van der Waals surface area contributed by atoms with Crippen molar-refractivity contribution in [1.29, 1.82) is 0 Å². The van der Waals surface area contributed by atoms with Gasteiger partial charge < -0.3 is 14.8 Å². The highest BCUT2D eigenvalue weighted by Crippen LogP contribution is 2.17. The van der Waals surface area contributed by atoms with Gasteiger partial charge in [-0.1, -0.05) is 12.1 Å². The summed E-state index contributed by atoms with van der Waals surface area (Å²) in [6.45, 7) is 4.79. The molecule has 0 aromatic heterocycles. The van der Waals surface area contributed by atoms with E-state index in [9.17, 15) is 0 Å². The number of hydrogen-bond donors (Lipinski definition) is 1. The molecule has 1 atom stereocenters. The van der Waals surface area contributed by atoms with Crippen molar-refractivity contribution in [2.45, 2.75) is 26.2 Å². The Hall–Kier alpha value is -1.06. The largest absolute Gasteiger partial charge is 0.497 e. The van der Waals surface area contributed by atoms with Gasteiger partial charge in [0.15, 0.2) is 0 Å². The molecule has 0 saturated heterocycles. The van der Waals surface area contributed by atoms with Crippen LogP contribution in [0.25, 0.3) is 0 Å². The minimum atomic E-state index is 0.666. The third-order valence-corrected chi connectivity index (χ3v) is 3.28. The van der Waals surface area contributed by atoms with E-state index >= 15 is 0 Å². The van der Waals surface area contributed by atoms with Crippen LogP contribution < -0.4 is 10.1 Å². The molecule has 3 nitrogen and oxygen atoms in total. The molecule has 0 radical (unpaired) electrons. The summed E-state index contributed by atoms with van der Waals surface area (Å²) in [5.74, 6) is 1.59. The lowest BCUT2D eigenvalue weighted by Gasteiger charge is -2.16. The molecule has 0 spiro atoms. The van der Waals surface area contributed by atoms with Crippen LogP contribution in [0.15, 0.2) is 24.3 Å². The fourth-order valence-electron chi connectivity index (χ4n) is 2.28. The molecule has 1 aromatic carbocycles. The molecule has 1 N–H and O–H groups in total. The minimum Gasteiger partial charge on any atom is -0.497 e. The molecule has 0 aliphatic heterocycles. The summed E-state index contributed by atoms with van der Waals surface area (Å²) in [5, 5.41) is 3.29. The minimum absolute atomic E-state index is 0.666. The van der Waals surface area contributed by atoms with E-state index in [2.05, 4.69) is 17.4 Å². The van der Waals surface area contributed by atoms with Crippen molar-refractivity contribution in [3.63, 3.8) is 0 Å². The number of ether oxygens (including phenoxy) is 2. The maximum absolute atomic E-state index is 5.41. The Morgan fingerprint density at radius 1 is 1.21 bits per heavy atom. The maximum Gasteiger partial charge on any atom is 0.118 e. The Kier molecular flexibility index (Phi) is 8.26. The SMILES string of the molecule is CCOCCCC(CNC)Cc1ccc(OC)cc1. The molecule has 0 bridgehead atoms. The van der Waals surface area contributed by atoms with Gasteiger partial charge in [-0.05, 0) is 63.4 Å². The smallest absolute Gasteiger partial charge is 0.118 e. The number of methoxy groups -OCH3 is 1. The van der Waals surface area contributed by atoms with Gasteiger partial charge in [-0.2, -0.15) is 0 Å². The molecule has 108 valence electrons. The molecule has 0 aliphatic rings. The van der Waals surface area contributed by atoms with E-state index in [1.807, 2.05) is 26.1 Å². The van der Waals surface area contributed by atoms with Crippen molar-refractivity contribution in [3.05, 3.63) is 29.8 Å². The Morgan fingerprint density at radius 3 is 2.53 bits per heavy atom. The first-order chi connectivity index (χ1) is 9.30. The van der Waals surface area contributed by atoms with Gasteiger partial charge in [0.1, 0.15) is 5.75 Å². The van der Waals surface area contributed by atoms with E-state index in [0.717, 1.165) is 38.3 Å². The van der Waals surface area contributed by atoms with E-state index in [0.29, 0.717) is 5.92 Å². The molecule has 0 saturated carbocycles. The van der Waals surface area contributed by atoms with Crippen LogP contribution in [-0.4, -0.2) is 33.9 Å². The molecular formula is C16H27NO2. The predicted molar refractivity (Wildman–Crippen MR) is 79.8 cm³/mol. The van der Waals surface area contributed by atoms with Crippen molar-refractivity contribution >= 4 is 0 Å². The zero-order valence-corrected chi connectivity index (χ0v) is 12.4. The lowest BCUT2D eigenvalue weighted by atomic mass is 9.95. The monoisotopic (exact) mass is 265 g/mol. The van der Waals surface area contributed by atoms with Gasteiger partial charge in [0, 0.05) is 13.2 Å². The molecule has 1 rings (SSSR count). The highest BCUT2D eigenvalue weighted by molar-refractivity contribution is 5.27. The fraction of sp³-hybridized carbons (Fsp3) is 0.625. The van der Waals surface area contributed by atoms with E-state index in [1.54, 1.807) is 7.11 Å². The molecule has 1 aromatic rings. The number of nitrogens with one attached hydrogen (secondary N) is 1. The second-order valence-electron chi connectivity index (χ2n) is 4.82. The lowest BCUT2D eigenvalue weighted by molar-refractivity contribution is 0.139. The highest BCUT2D eigenvalue weighted by Gasteiger charge is 2.09. The first kappa shape index (κ1) is 16.0. The second kappa shape index (κ2) is 9.82. The first-order valence-electron chi connectivity index (χ1n) is 7.15. The van der Waals surface area contributed by atoms with E-state index in [-0.39, 0.29) is 0 Å². The molecule has 19 heavy (non-hydrogen) atoms. The number of rotatable bonds is 10. The summed E-state index contributed by atoms with van der Waals surface area (Å²) in [6, 6.07) is 8.38. The number of hydrogen-bond acceptors (Lipinski definition) is 3. The molecule has 0 aliphatic carbocycles. The quantitative estimate of drug-likeness (QED) is 0.660. The van der Waals surface area contributed by atoms with Crippen LogP contribution in [-0.2, 0) is 11.2 Å². The van der Waals surface area contributed by atoms with E-state index in [1.165, 1.54) is 12.0 Å². The molecular weight excluding hydrogens is 238 g/mol. The molecule has 3 heteroatoms. The maximum atomic E-state index is 5.41. The Balaban J connectivity index is 2.42. The summed E-state index contributed by atoms with van der Waals surface area (Å²) in [5.41, 5.74) is 1.37. The van der Waals surface area contributed by atoms with Crippen molar-refractivity contribution in [2.75, 3.05) is 33.9 Å². The standard InChI is InChI=1S/C16H27NO2/c1-4-19-11-5-6-15(13-17-2)12-14-7-9-16(18-3)10-8-14/h7-10,15,17H,4-6,11-13H2,1-3H3. The normalized spacial score (nSPS) is 12.4. The average Bonchev–Trinajstić information content (AvgIpc) is 2.44. The molecule has 0 fully saturated rings. The average molecular weight is 265 g/mol. The predicted octanol–water partition coefficient (Wildman–Crippen LogP) is 2.89. The highest BCUT2D eigenvalue weighted by atomic mass is 16.5. The fourth-order valence-corrected chi connectivity index (χ4v) is 2.28. The van der Waals surface area contributed by atoms with Crippen molar-refractivity contribution < 1.29 is 9.47 Å². The van der Waals surface area contributed by atoms with Crippen molar-refractivity contribution in [2.24, 2.45) is 5.92 Å². The van der Waals surface area contributed by atoms with Gasteiger partial charge in [0.05, 0.1) is 7.11 Å². The number of benzene rings is 1. The van der Waals surface area contributed by atoms with Gasteiger partial charge in [-0.25, -0.2) is 0 Å². The zero-order valence-electron chi connectivity index (χ0n) is 12.4. The Labute approximate surface area is 117 Å². The van der Waals surface area contributed by atoms with Crippen LogP contribution >= 0.6 is 0 Å². The second-order valence-corrected chi connectivity index (χ2v) is 4.82. The van der Waals surface area contributed by atoms with Crippen molar-refractivity contribution in [1.82, 2.24) is 5.32 Å². The molecule has 0 heterocycles. The summed E-state index contributed by atoms with van der Waals surface area (Å²) >= 11 is 0. The van der Waals surface area contributed by atoms with Gasteiger partial charge in [0.2, 0.25) is 0 Å². The molecule has 0 amide bonds. The first-order valence-corrected chi connectivity index (χ1v) is 7.15. The summed E-state index contributed by atoms with van der Waals surface area (Å²) in [4.78, 5) is 0. The van der Waals surface area contributed by atoms with E-state index < -0.39 is 0 Å².